The van der Waals surface area contributed by atoms with Gasteiger partial charge in [-0.1, -0.05) is 86.7 Å². The van der Waals surface area contributed by atoms with E-state index in [1.807, 2.05) is 24.3 Å². The minimum atomic E-state index is -0.781. The molecule has 6 nitrogen and oxygen atoms in total. The fourth-order valence-electron chi connectivity index (χ4n) is 6.42. The molecule has 6 atom stereocenters. The van der Waals surface area contributed by atoms with E-state index in [0.717, 1.165) is 11.1 Å². The average molecular weight is 553 g/mol. The first-order valence-corrected chi connectivity index (χ1v) is 13.9. The van der Waals surface area contributed by atoms with Crippen molar-refractivity contribution in [1.82, 2.24) is 0 Å². The number of hydrogen-bond acceptors (Lipinski definition) is 6. The van der Waals surface area contributed by atoms with Gasteiger partial charge in [0, 0.05) is 11.8 Å². The van der Waals surface area contributed by atoms with Crippen LogP contribution in [0.15, 0.2) is 97.1 Å². The molecule has 3 aromatic rings. The number of rotatable bonds is 7. The van der Waals surface area contributed by atoms with Crippen LogP contribution in [0.2, 0.25) is 0 Å². The molecular formula is C35H36O6. The smallest absolute Gasteiger partial charge is 0.342 e. The largest absolute Gasteiger partial charge is 0.496 e. The van der Waals surface area contributed by atoms with Crippen molar-refractivity contribution in [2.45, 2.75) is 38.9 Å². The first-order valence-electron chi connectivity index (χ1n) is 13.9. The van der Waals surface area contributed by atoms with Crippen LogP contribution in [0.5, 0.6) is 11.5 Å². The molecule has 6 unspecified atom stereocenters. The highest BCUT2D eigenvalue weighted by Gasteiger charge is 2.57. The zero-order chi connectivity index (χ0) is 29.1. The molecule has 0 aromatic heterocycles. The molecule has 0 saturated heterocycles. The fraction of sp³-hybridized carbons (Fsp3) is 0.314. The Morgan fingerprint density at radius 3 is 1.85 bits per heavy atom. The van der Waals surface area contributed by atoms with Gasteiger partial charge in [-0.25, -0.2) is 9.59 Å². The molecule has 2 aliphatic rings. The molecule has 0 N–H and O–H groups in total. The molecule has 1 saturated carbocycles. The lowest BCUT2D eigenvalue weighted by atomic mass is 9.53. The molecule has 0 spiro atoms. The Bertz CT molecular complexity index is 1490. The summed E-state index contributed by atoms with van der Waals surface area (Å²) in [5.74, 6) is -0.713. The summed E-state index contributed by atoms with van der Waals surface area (Å²) >= 11 is 0. The lowest BCUT2D eigenvalue weighted by molar-refractivity contribution is -0.121. The molecule has 6 heteroatoms. The Balaban J connectivity index is 1.64. The molecule has 0 aliphatic heterocycles. The molecule has 0 radical (unpaired) electrons. The number of carbonyl (C=O) groups excluding carboxylic acids is 2. The fourth-order valence-corrected chi connectivity index (χ4v) is 6.42. The van der Waals surface area contributed by atoms with Crippen molar-refractivity contribution >= 4 is 11.9 Å². The molecule has 0 heterocycles. The molecule has 5 rings (SSSR count). The monoisotopic (exact) mass is 552 g/mol. The third-order valence-corrected chi connectivity index (χ3v) is 8.83. The number of carbonyl (C=O) groups is 2. The van der Waals surface area contributed by atoms with E-state index in [9.17, 15) is 9.59 Å². The normalized spacial score (nSPS) is 26.5. The summed E-state index contributed by atoms with van der Waals surface area (Å²) in [6, 6.07) is 22.1. The second kappa shape index (κ2) is 11.7. The third-order valence-electron chi connectivity index (χ3n) is 8.83. The number of benzene rings is 3. The summed E-state index contributed by atoms with van der Waals surface area (Å²) in [7, 11) is 3.04. The molecule has 3 aromatic carbocycles. The summed E-state index contributed by atoms with van der Waals surface area (Å²) in [6.45, 7) is 6.31. The molecule has 0 amide bonds. The minimum Gasteiger partial charge on any atom is -0.496 e. The number of para-hydroxylation sites is 2. The van der Waals surface area contributed by atoms with E-state index in [1.54, 1.807) is 48.5 Å². The van der Waals surface area contributed by atoms with Crippen molar-refractivity contribution in [1.29, 1.82) is 0 Å². The minimum absolute atomic E-state index is 0.0136. The third kappa shape index (κ3) is 5.15. The van der Waals surface area contributed by atoms with Gasteiger partial charge in [-0.05, 0) is 53.6 Å². The van der Waals surface area contributed by atoms with Gasteiger partial charge in [-0.15, -0.1) is 0 Å². The SMILES string of the molecule is COc1ccccc1C(=O)OC1C(OC(=O)c2ccccc2OC)C(C)C2(C)C=CC=CC2C1c1ccccc1C. The van der Waals surface area contributed by atoms with Crippen LogP contribution in [0.4, 0.5) is 0 Å². The van der Waals surface area contributed by atoms with Gasteiger partial charge in [0.15, 0.2) is 0 Å². The highest BCUT2D eigenvalue weighted by atomic mass is 16.6. The quantitative estimate of drug-likeness (QED) is 0.296. The number of ether oxygens (including phenoxy) is 4. The molecule has 2 aliphatic carbocycles. The number of esters is 2. The van der Waals surface area contributed by atoms with Gasteiger partial charge >= 0.3 is 11.9 Å². The van der Waals surface area contributed by atoms with E-state index in [0.29, 0.717) is 22.6 Å². The van der Waals surface area contributed by atoms with E-state index < -0.39 is 24.1 Å². The number of allylic oxidation sites excluding steroid dienone is 4. The van der Waals surface area contributed by atoms with Crippen LogP contribution in [0, 0.1) is 24.2 Å². The zero-order valence-electron chi connectivity index (χ0n) is 24.1. The van der Waals surface area contributed by atoms with Crippen molar-refractivity contribution in [2.24, 2.45) is 17.3 Å². The average Bonchev–Trinajstić information content (AvgIpc) is 3.00. The van der Waals surface area contributed by atoms with Gasteiger partial charge in [-0.2, -0.15) is 0 Å². The number of aryl methyl sites for hydroxylation is 1. The van der Waals surface area contributed by atoms with Crippen LogP contribution in [0.25, 0.3) is 0 Å². The van der Waals surface area contributed by atoms with Crippen molar-refractivity contribution < 1.29 is 28.5 Å². The summed E-state index contributed by atoms with van der Waals surface area (Å²) in [6.07, 6.45) is 6.93. The second-order valence-corrected chi connectivity index (χ2v) is 10.9. The van der Waals surface area contributed by atoms with Crippen LogP contribution in [-0.2, 0) is 9.47 Å². The van der Waals surface area contributed by atoms with Crippen molar-refractivity contribution in [3.8, 4) is 11.5 Å². The number of hydrogen-bond donors (Lipinski definition) is 0. The predicted molar refractivity (Wildman–Crippen MR) is 157 cm³/mol. The summed E-state index contributed by atoms with van der Waals surface area (Å²) in [4.78, 5) is 27.5. The first-order chi connectivity index (χ1) is 19.8. The predicted octanol–water partition coefficient (Wildman–Crippen LogP) is 6.95. The lowest BCUT2D eigenvalue weighted by Gasteiger charge is -2.54. The molecule has 41 heavy (non-hydrogen) atoms. The van der Waals surface area contributed by atoms with E-state index in [1.165, 1.54) is 14.2 Å². The van der Waals surface area contributed by atoms with Gasteiger partial charge in [0.25, 0.3) is 0 Å². The Morgan fingerprint density at radius 2 is 1.27 bits per heavy atom. The van der Waals surface area contributed by atoms with E-state index in [2.05, 4.69) is 45.1 Å². The Labute approximate surface area is 241 Å². The van der Waals surface area contributed by atoms with Crippen molar-refractivity contribution in [3.05, 3.63) is 119 Å². The van der Waals surface area contributed by atoms with Gasteiger partial charge in [-0.3, -0.25) is 0 Å². The maximum absolute atomic E-state index is 13.8. The van der Waals surface area contributed by atoms with Crippen molar-refractivity contribution in [3.63, 3.8) is 0 Å². The molecule has 212 valence electrons. The van der Waals surface area contributed by atoms with Crippen molar-refractivity contribution in [2.75, 3.05) is 14.2 Å². The van der Waals surface area contributed by atoms with Gasteiger partial charge in [0.1, 0.15) is 34.8 Å². The highest BCUT2D eigenvalue weighted by molar-refractivity contribution is 5.93. The van der Waals surface area contributed by atoms with Gasteiger partial charge in [0.2, 0.25) is 0 Å². The Kier molecular flexibility index (Phi) is 8.02. The van der Waals surface area contributed by atoms with E-state index >= 15 is 0 Å². The van der Waals surface area contributed by atoms with Crippen LogP contribution < -0.4 is 9.47 Å². The maximum Gasteiger partial charge on any atom is 0.342 e. The number of fused-ring (bicyclic) bond motifs is 1. The van der Waals surface area contributed by atoms with Crippen LogP contribution in [0.1, 0.15) is 51.6 Å². The first kappa shape index (κ1) is 28.2. The van der Waals surface area contributed by atoms with Gasteiger partial charge < -0.3 is 18.9 Å². The summed E-state index contributed by atoms with van der Waals surface area (Å²) in [5, 5.41) is 0. The van der Waals surface area contributed by atoms with Gasteiger partial charge in [0.05, 0.1) is 14.2 Å². The zero-order valence-corrected chi connectivity index (χ0v) is 24.1. The highest BCUT2D eigenvalue weighted by Crippen LogP contribution is 2.56. The van der Waals surface area contributed by atoms with Crippen LogP contribution in [0.3, 0.4) is 0 Å². The topological polar surface area (TPSA) is 71.1 Å². The molecule has 0 bridgehead atoms. The van der Waals surface area contributed by atoms with E-state index in [4.69, 9.17) is 18.9 Å². The number of methoxy groups -OCH3 is 2. The Hall–Kier alpha value is -4.32. The molecular weight excluding hydrogens is 516 g/mol. The Morgan fingerprint density at radius 1 is 0.732 bits per heavy atom. The summed E-state index contributed by atoms with van der Waals surface area (Å²) < 4.78 is 23.7. The summed E-state index contributed by atoms with van der Waals surface area (Å²) in [5.41, 5.74) is 2.38. The maximum atomic E-state index is 13.8. The lowest BCUT2D eigenvalue weighted by Crippen LogP contribution is -2.57. The van der Waals surface area contributed by atoms with Crippen LogP contribution in [-0.4, -0.2) is 38.4 Å². The molecule has 1 fully saturated rings. The van der Waals surface area contributed by atoms with E-state index in [-0.39, 0.29) is 23.2 Å². The van der Waals surface area contributed by atoms with Crippen LogP contribution >= 0.6 is 0 Å². The second-order valence-electron chi connectivity index (χ2n) is 10.9. The standard InChI is InChI=1S/C35H36O6/c1-22-14-6-7-15-24(22)30-27-18-12-13-21-35(27,3)23(2)31(40-33(36)25-16-8-10-19-28(25)38-4)32(30)41-34(37)26-17-9-11-20-29(26)39-5/h6-21,23,27,30-32H,1-5H3.